The number of hydrogen-bond donors (Lipinski definition) is 2. The number of allylic oxidation sites excluding steroid dienone is 8. The van der Waals surface area contributed by atoms with Crippen LogP contribution >= 0.6 is 0 Å². The summed E-state index contributed by atoms with van der Waals surface area (Å²) in [6.07, 6.45) is 12.6. The number of imide groups is 1. The van der Waals surface area contributed by atoms with Crippen LogP contribution in [0.2, 0.25) is 0 Å². The number of nitrogens with zero attached hydrogens (tertiary/aromatic N) is 3. The molecule has 0 atom stereocenters. The van der Waals surface area contributed by atoms with Crippen LogP contribution in [0.4, 0.5) is 11.4 Å². The standard InChI is InChI=1S/C53H65N3O17S3/c1-34-26-37(74(60,61)62)30-41-50(34)55(72-25-24-71-23-22-70-21-20-69-19-10-9-14-48(59)73-56-46(57)17-18-47(56)58)44(52(41,4)5)13-11-12-35-27-36(33-51(2,3)32-35)28-45-53(6,7)49-40-29-38(75(63,64)65)31-43(76(66,67)68)39(40)15-16-42(49)54(45)8/h11-13,15-16,26-31H,9-10,14,17-25,32-33H2,1-8H3,(H2-,60,61,62,63,64,65,66,67,68). The number of ether oxygens (including phenoxy) is 3. The molecule has 0 bridgehead atoms. The first-order valence-electron chi connectivity index (χ1n) is 24.7. The number of rotatable bonds is 22. The van der Waals surface area contributed by atoms with Gasteiger partial charge in [0.1, 0.15) is 17.2 Å². The Morgan fingerprint density at radius 1 is 0.763 bits per heavy atom. The van der Waals surface area contributed by atoms with Gasteiger partial charge >= 0.3 is 5.97 Å². The number of benzene rings is 3. The third kappa shape index (κ3) is 12.9. The van der Waals surface area contributed by atoms with Crippen molar-refractivity contribution < 1.29 is 81.8 Å². The summed E-state index contributed by atoms with van der Waals surface area (Å²) in [5.41, 5.74) is 4.78. The van der Waals surface area contributed by atoms with E-state index in [2.05, 4.69) is 26.0 Å². The van der Waals surface area contributed by atoms with E-state index in [4.69, 9.17) is 23.9 Å². The highest BCUT2D eigenvalue weighted by molar-refractivity contribution is 7.87. The number of unbranched alkanes of at least 4 members (excludes halogenated alkanes) is 1. The van der Waals surface area contributed by atoms with Crippen molar-refractivity contribution in [1.29, 1.82) is 0 Å². The molecular formula is C53H65N3O17S3. The average Bonchev–Trinajstić information content (AvgIpc) is 3.81. The van der Waals surface area contributed by atoms with Gasteiger partial charge in [0.05, 0.1) is 71.1 Å². The zero-order chi connectivity index (χ0) is 55.8. The van der Waals surface area contributed by atoms with E-state index in [0.29, 0.717) is 84.0 Å². The molecule has 1 aliphatic carbocycles. The van der Waals surface area contributed by atoms with Gasteiger partial charge in [0.25, 0.3) is 32.1 Å². The fourth-order valence-electron chi connectivity index (χ4n) is 10.3. The third-order valence-electron chi connectivity index (χ3n) is 13.8. The van der Waals surface area contributed by atoms with Crippen molar-refractivity contribution in [3.63, 3.8) is 0 Å². The molecule has 0 aromatic heterocycles. The lowest BCUT2D eigenvalue weighted by Gasteiger charge is -2.31. The minimum Gasteiger partial charge on any atom is -0.744 e. The first-order chi connectivity index (χ1) is 35.4. The molecule has 0 saturated carbocycles. The number of carbonyl (C=O) groups is 3. The van der Waals surface area contributed by atoms with E-state index in [1.807, 2.05) is 57.5 Å². The topological polar surface area (TPSA) is 273 Å². The Morgan fingerprint density at radius 2 is 1.37 bits per heavy atom. The van der Waals surface area contributed by atoms with E-state index in [-0.39, 0.29) is 66.8 Å². The predicted molar refractivity (Wildman–Crippen MR) is 278 cm³/mol. The zero-order valence-corrected chi connectivity index (χ0v) is 46.3. The first-order valence-corrected chi connectivity index (χ1v) is 29.0. The molecule has 3 aromatic rings. The molecule has 0 radical (unpaired) electrons. The SMILES string of the molecule is Cc1cc(S(=O)(=O)O)cc2c1N(OCCOCCOCCOCCCCC(=O)ON1C(=O)CCC1=O)/C(=C/C=C/C1=CC(=C/C3=[N+](C)c4ccc5c(S(=O)(=O)[O-])cc(S(=O)(=O)O)cc5c4C3(C)C)/CC(C)(C)C1)C2(C)C. The van der Waals surface area contributed by atoms with Gasteiger partial charge in [0.2, 0.25) is 5.69 Å². The summed E-state index contributed by atoms with van der Waals surface area (Å²) in [5, 5.41) is 2.46. The van der Waals surface area contributed by atoms with Crippen LogP contribution in [0.15, 0.2) is 98.3 Å². The molecule has 20 nitrogen and oxygen atoms in total. The predicted octanol–water partition coefficient (Wildman–Crippen LogP) is 7.22. The largest absolute Gasteiger partial charge is 0.744 e. The van der Waals surface area contributed by atoms with Crippen molar-refractivity contribution in [1.82, 2.24) is 5.06 Å². The number of hydrogen-bond acceptors (Lipinski definition) is 16. The molecule has 3 aromatic carbocycles. The van der Waals surface area contributed by atoms with Gasteiger partial charge in [-0.25, -0.2) is 18.3 Å². The van der Waals surface area contributed by atoms with Gasteiger partial charge < -0.3 is 23.6 Å². The second-order valence-electron chi connectivity index (χ2n) is 21.0. The van der Waals surface area contributed by atoms with E-state index >= 15 is 0 Å². The Balaban J connectivity index is 1.01. The molecule has 2 N–H and O–H groups in total. The van der Waals surface area contributed by atoms with Gasteiger partial charge in [0.15, 0.2) is 5.71 Å². The molecule has 2 amide bonds. The summed E-state index contributed by atoms with van der Waals surface area (Å²) in [6, 6.07) is 7.91. The lowest BCUT2D eigenvalue weighted by atomic mass is 9.73. The van der Waals surface area contributed by atoms with Gasteiger partial charge in [-0.1, -0.05) is 45.9 Å². The third-order valence-corrected chi connectivity index (χ3v) is 16.4. The van der Waals surface area contributed by atoms with Crippen LogP contribution in [0.25, 0.3) is 10.8 Å². The number of anilines is 1. The summed E-state index contributed by atoms with van der Waals surface area (Å²) in [4.78, 5) is 44.7. The summed E-state index contributed by atoms with van der Waals surface area (Å²) < 4.78 is 126. The minimum atomic E-state index is -5.15. The molecule has 7 rings (SSSR count). The van der Waals surface area contributed by atoms with Crippen molar-refractivity contribution in [3.8, 4) is 0 Å². The summed E-state index contributed by atoms with van der Waals surface area (Å²) >= 11 is 0. The summed E-state index contributed by atoms with van der Waals surface area (Å²) in [7, 11) is -12.7. The molecule has 3 aliphatic heterocycles. The smallest absolute Gasteiger partial charge is 0.333 e. The molecule has 3 heterocycles. The van der Waals surface area contributed by atoms with E-state index < -0.39 is 68.8 Å². The van der Waals surface area contributed by atoms with Crippen LogP contribution < -0.4 is 5.06 Å². The fraction of sp³-hybridized carbons (Fsp3) is 0.472. The normalized spacial score (nSPS) is 19.4. The first kappa shape index (κ1) is 58.2. The molecule has 1 fully saturated rings. The van der Waals surface area contributed by atoms with Gasteiger partial charge in [0, 0.05) is 54.4 Å². The molecule has 76 heavy (non-hydrogen) atoms. The van der Waals surface area contributed by atoms with Crippen molar-refractivity contribution in [3.05, 3.63) is 100 Å². The number of amides is 2. The average molecular weight is 1110 g/mol. The second-order valence-corrected chi connectivity index (χ2v) is 25.2. The molecule has 1 saturated heterocycles. The van der Waals surface area contributed by atoms with Crippen LogP contribution in [-0.2, 0) is 79.5 Å². The minimum absolute atomic E-state index is 0.0364. The van der Waals surface area contributed by atoms with Crippen LogP contribution in [-0.4, -0.2) is 125 Å². The van der Waals surface area contributed by atoms with Crippen molar-refractivity contribution in [2.24, 2.45) is 5.41 Å². The molecule has 0 spiro atoms. The van der Waals surface area contributed by atoms with Gasteiger partial charge in [-0.05, 0) is 116 Å². The lowest BCUT2D eigenvalue weighted by Crippen LogP contribution is -2.31. The number of carbonyl (C=O) groups excluding carboxylic acids is 3. The van der Waals surface area contributed by atoms with Crippen molar-refractivity contribution in [2.75, 3.05) is 58.4 Å². The van der Waals surface area contributed by atoms with Crippen LogP contribution in [0.1, 0.15) is 103 Å². The summed E-state index contributed by atoms with van der Waals surface area (Å²) in [6.45, 7) is 15.7. The highest BCUT2D eigenvalue weighted by Gasteiger charge is 2.46. The van der Waals surface area contributed by atoms with Gasteiger partial charge in [-0.15, -0.1) is 5.06 Å². The summed E-state index contributed by atoms with van der Waals surface area (Å²) in [5.74, 6) is -1.69. The second kappa shape index (κ2) is 22.5. The Morgan fingerprint density at radius 3 is 1.99 bits per heavy atom. The quantitative estimate of drug-likeness (QED) is 0.0435. The Labute approximate surface area is 443 Å². The van der Waals surface area contributed by atoms with E-state index in [1.54, 1.807) is 18.1 Å². The van der Waals surface area contributed by atoms with Crippen molar-refractivity contribution in [2.45, 2.75) is 119 Å². The maximum Gasteiger partial charge on any atom is 0.333 e. The number of aryl methyl sites for hydroxylation is 1. The zero-order valence-electron chi connectivity index (χ0n) is 43.8. The number of hydroxylamine groups is 3. The van der Waals surface area contributed by atoms with E-state index in [0.717, 1.165) is 23.3 Å². The van der Waals surface area contributed by atoms with Gasteiger partial charge in [-0.3, -0.25) is 23.5 Å². The number of fused-ring (bicyclic) bond motifs is 4. The van der Waals surface area contributed by atoms with Crippen LogP contribution in [0.3, 0.4) is 0 Å². The maximum absolute atomic E-state index is 12.4. The molecule has 0 unspecified atom stereocenters. The Hall–Kier alpha value is -5.47. The highest BCUT2D eigenvalue weighted by Crippen LogP contribution is 2.51. The fourth-order valence-corrected chi connectivity index (χ4v) is 12.2. The Kier molecular flexibility index (Phi) is 17.2. The molecule has 412 valence electrons. The molecule has 23 heteroatoms. The highest BCUT2D eigenvalue weighted by atomic mass is 32.2. The molecular weight excluding hydrogens is 1050 g/mol. The van der Waals surface area contributed by atoms with E-state index in [9.17, 15) is 53.3 Å². The van der Waals surface area contributed by atoms with E-state index in [1.165, 1.54) is 24.3 Å². The molecule has 4 aliphatic rings. The lowest BCUT2D eigenvalue weighted by molar-refractivity contribution is -0.401. The Bertz CT molecular complexity index is 3340. The monoisotopic (exact) mass is 1110 g/mol. The van der Waals surface area contributed by atoms with Crippen molar-refractivity contribution >= 4 is 76.0 Å². The van der Waals surface area contributed by atoms with Gasteiger partial charge in [-0.2, -0.15) is 21.4 Å². The maximum atomic E-state index is 12.4. The van der Waals surface area contributed by atoms with Crippen LogP contribution in [0.5, 0.6) is 0 Å². The van der Waals surface area contributed by atoms with Crippen LogP contribution in [0, 0.1) is 12.3 Å².